The fourth-order valence-corrected chi connectivity index (χ4v) is 16.7. The zero-order valence-electron chi connectivity index (χ0n) is 46.2. The first-order valence-electron chi connectivity index (χ1n) is 26.9. The fraction of sp³-hybridized carbons (Fsp3) is 0.295. The minimum absolute atomic E-state index is 0. The van der Waals surface area contributed by atoms with Gasteiger partial charge in [-0.05, 0) is 161 Å². The Hall–Kier alpha value is -6.90. The second kappa shape index (κ2) is 25.0. The summed E-state index contributed by atoms with van der Waals surface area (Å²) in [4.78, 5) is 29.9. The fourth-order valence-electron chi connectivity index (χ4n) is 10.9. The Morgan fingerprint density at radius 2 is 1.05 bits per heavy atom. The van der Waals surface area contributed by atoms with Gasteiger partial charge in [0, 0.05) is 107 Å². The summed E-state index contributed by atoms with van der Waals surface area (Å²) in [6, 6.07) is 22.5. The first-order chi connectivity index (χ1) is 39.9. The van der Waals surface area contributed by atoms with Crippen LogP contribution in [0.5, 0.6) is 0 Å². The highest BCUT2D eigenvalue weighted by Crippen LogP contribution is 2.40. The molecule has 0 saturated carbocycles. The normalized spacial score (nSPS) is 14.7. The number of fused-ring (bicyclic) bond motifs is 3. The third-order valence-corrected chi connectivity index (χ3v) is 21.5. The molecule has 1 unspecified atom stereocenters. The largest absolute Gasteiger partial charge is 0.388 e. The van der Waals surface area contributed by atoms with Crippen molar-refractivity contribution in [3.8, 4) is 33.4 Å². The highest BCUT2D eigenvalue weighted by Gasteiger charge is 2.31. The molecule has 1 atom stereocenters. The Labute approximate surface area is 508 Å². The summed E-state index contributed by atoms with van der Waals surface area (Å²) in [5.74, 6) is 6.70. The Morgan fingerprint density at radius 3 is 1.52 bits per heavy atom. The third kappa shape index (κ3) is 11.7. The quantitative estimate of drug-likeness (QED) is 0.0902. The van der Waals surface area contributed by atoms with E-state index in [9.17, 15) is 26.7 Å². The van der Waals surface area contributed by atoms with Crippen LogP contribution in [0.3, 0.4) is 0 Å². The number of rotatable bonds is 11. The molecule has 9 aromatic heterocycles. The number of benzene rings is 2. The number of halogens is 1. The predicted molar refractivity (Wildman–Crippen MR) is 337 cm³/mol. The summed E-state index contributed by atoms with van der Waals surface area (Å²) in [5, 5.41) is 25.6. The number of aromatic nitrogens is 9. The van der Waals surface area contributed by atoms with Gasteiger partial charge < -0.3 is 23.7 Å². The number of ketones is 1. The third-order valence-electron chi connectivity index (χ3n) is 15.2. The number of carbonyl (C=O) groups is 1. The average Bonchev–Trinajstić information content (AvgIpc) is 2.45. The molecule has 2 saturated heterocycles. The van der Waals surface area contributed by atoms with Gasteiger partial charge in [-0.25, -0.2) is 39.7 Å². The summed E-state index contributed by atoms with van der Waals surface area (Å²) in [5.41, 5.74) is 10.4. The molecule has 0 aliphatic carbocycles. The lowest BCUT2D eigenvalue weighted by molar-refractivity contribution is 0.0914. The second-order valence-corrected chi connectivity index (χ2v) is 27.8. The Morgan fingerprint density at radius 1 is 0.619 bits per heavy atom. The SMILES string of the molecule is C.Cc1noc(C)c1-c1cnc2[nH]cc(C(=O)C3CCSCC3)c2c1.Cc1noc(C)c1-c1cnc2c(c1)c(C(O)C1CCSCC1)cn2S(=O)(=O)c1ccccc1.Cc1noc(C)c1-c1cnc2c(c1)c(I)cn2S(=O)(=O)c1ccccc1. The summed E-state index contributed by atoms with van der Waals surface area (Å²) in [6.07, 6.45) is 13.0. The number of thioether (sulfide) groups is 2. The number of pyridine rings is 3. The van der Waals surface area contributed by atoms with Crippen molar-refractivity contribution in [2.75, 3.05) is 23.0 Å². The maximum atomic E-state index is 13.5. The summed E-state index contributed by atoms with van der Waals surface area (Å²) in [6.45, 7) is 11.2. The number of nitrogens with one attached hydrogen (secondary N) is 1. The molecule has 13 rings (SSSR count). The molecular formula is C61H62IN9O9S4. The molecule has 2 aromatic carbocycles. The molecule has 0 amide bonds. The highest BCUT2D eigenvalue weighted by atomic mass is 127. The van der Waals surface area contributed by atoms with Crippen molar-refractivity contribution in [3.05, 3.63) is 165 Å². The van der Waals surface area contributed by atoms with Crippen LogP contribution < -0.4 is 0 Å². The van der Waals surface area contributed by atoms with Crippen LogP contribution in [0, 0.1) is 56.9 Å². The monoisotopic (exact) mass is 1320 g/mol. The number of hydrogen-bond donors (Lipinski definition) is 2. The molecular weight excluding hydrogens is 1260 g/mol. The van der Waals surface area contributed by atoms with Crippen LogP contribution in [0.2, 0.25) is 0 Å². The molecule has 11 aromatic rings. The van der Waals surface area contributed by atoms with E-state index in [2.05, 4.69) is 58.0 Å². The van der Waals surface area contributed by atoms with Gasteiger partial charge in [-0.1, -0.05) is 59.3 Å². The predicted octanol–water partition coefficient (Wildman–Crippen LogP) is 13.7. The van der Waals surface area contributed by atoms with Gasteiger partial charge in [-0.15, -0.1) is 0 Å². The number of carbonyl (C=O) groups excluding carboxylic acids is 1. The van der Waals surface area contributed by atoms with E-state index < -0.39 is 26.2 Å². The van der Waals surface area contributed by atoms with E-state index in [1.54, 1.807) is 97.8 Å². The number of aliphatic hydroxyl groups excluding tert-OH is 1. The molecule has 2 aliphatic heterocycles. The molecule has 23 heteroatoms. The van der Waals surface area contributed by atoms with E-state index in [0.717, 1.165) is 130 Å². The van der Waals surface area contributed by atoms with Crippen LogP contribution in [0.4, 0.5) is 0 Å². The number of H-pyrrole nitrogens is 1. The van der Waals surface area contributed by atoms with Crippen molar-refractivity contribution < 1.29 is 40.3 Å². The average molecular weight is 1320 g/mol. The van der Waals surface area contributed by atoms with Gasteiger partial charge in [0.15, 0.2) is 17.1 Å². The number of hydrogen-bond acceptors (Lipinski definition) is 17. The van der Waals surface area contributed by atoms with Crippen LogP contribution in [-0.4, -0.2) is 94.1 Å². The number of aryl methyl sites for hydroxylation is 6. The summed E-state index contributed by atoms with van der Waals surface area (Å²) >= 11 is 5.94. The Bertz CT molecular complexity index is 4370. The lowest BCUT2D eigenvalue weighted by Gasteiger charge is -2.26. The number of aliphatic hydroxyl groups is 1. The molecule has 2 fully saturated rings. The number of aromatic amines is 1. The molecule has 11 heterocycles. The highest BCUT2D eigenvalue weighted by molar-refractivity contribution is 14.1. The number of nitrogens with zero attached hydrogens (tertiary/aromatic N) is 8. The smallest absolute Gasteiger partial charge is 0.269 e. The minimum Gasteiger partial charge on any atom is -0.388 e. The van der Waals surface area contributed by atoms with Gasteiger partial charge >= 0.3 is 0 Å². The standard InChI is InChI=1S/C24H25N3O4S2.C18H14IN3O3S.C18H19N3O2S.CH4/c1-15-22(16(2)31-26-15)18-12-20-21(23(28)17-8-10-32-11-9-17)14-27(24(20)25-13-18)33(29,30)19-6-4-3-5-7-19;1-11-17(12(2)25-21-11)13-8-15-16(19)10-22(18(15)20-9-13)26(23,24)14-6-4-3-5-7-14;1-10-16(11(2)23-21-10)13-7-14-15(9-20-18(14)19-8-13)17(22)12-3-5-24-6-4-12;/h3-7,12-14,17,23,28H,8-11H2,1-2H3;3-10H,1-2H3;7-9,12H,3-6H2,1-2H3,(H,19,20);1H4. The molecule has 2 N–H and O–H groups in total. The van der Waals surface area contributed by atoms with Crippen LogP contribution in [0.25, 0.3) is 66.5 Å². The van der Waals surface area contributed by atoms with Crippen molar-refractivity contribution in [1.82, 2.24) is 43.4 Å². The first-order valence-corrected chi connectivity index (χ1v) is 33.1. The number of Topliss-reactive ketones (excluding diaryl/α,β-unsaturated/α-hetero) is 1. The zero-order chi connectivity index (χ0) is 58.3. The molecule has 0 radical (unpaired) electrons. The zero-order valence-corrected chi connectivity index (χ0v) is 51.6. The second-order valence-electron chi connectivity index (χ2n) is 20.5. The van der Waals surface area contributed by atoms with E-state index in [1.165, 1.54) is 7.94 Å². The topological polar surface area (TPSA) is 248 Å². The van der Waals surface area contributed by atoms with Crippen molar-refractivity contribution in [2.45, 2.75) is 90.5 Å². The summed E-state index contributed by atoms with van der Waals surface area (Å²) < 4.78 is 72.0. The van der Waals surface area contributed by atoms with E-state index >= 15 is 0 Å². The van der Waals surface area contributed by atoms with Gasteiger partial charge in [0.1, 0.15) is 22.9 Å². The van der Waals surface area contributed by atoms with Crippen molar-refractivity contribution >= 4 is 105 Å². The van der Waals surface area contributed by atoms with Crippen molar-refractivity contribution in [1.29, 1.82) is 0 Å². The van der Waals surface area contributed by atoms with E-state index in [1.807, 2.05) is 83.3 Å². The molecule has 84 heavy (non-hydrogen) atoms. The van der Waals surface area contributed by atoms with E-state index in [4.69, 9.17) is 13.6 Å². The van der Waals surface area contributed by atoms with Gasteiger partial charge in [0.05, 0.1) is 33.0 Å². The van der Waals surface area contributed by atoms with Crippen LogP contribution in [-0.2, 0) is 20.0 Å². The minimum atomic E-state index is -3.88. The molecule has 0 spiro atoms. The van der Waals surface area contributed by atoms with Crippen LogP contribution in [0.15, 0.2) is 139 Å². The summed E-state index contributed by atoms with van der Waals surface area (Å²) in [7, 11) is -7.59. The molecule has 18 nitrogen and oxygen atoms in total. The molecule has 0 bridgehead atoms. The van der Waals surface area contributed by atoms with Crippen molar-refractivity contribution in [2.24, 2.45) is 11.8 Å². The molecule has 436 valence electrons. The van der Waals surface area contributed by atoms with E-state index in [0.29, 0.717) is 33.8 Å². The van der Waals surface area contributed by atoms with Crippen LogP contribution >= 0.6 is 46.1 Å². The van der Waals surface area contributed by atoms with Crippen LogP contribution in [0.1, 0.15) is 89.5 Å². The lowest BCUT2D eigenvalue weighted by Crippen LogP contribution is -2.19. The van der Waals surface area contributed by atoms with Gasteiger partial charge in [-0.2, -0.15) is 23.5 Å². The Balaban J connectivity index is 0.000000142. The lowest BCUT2D eigenvalue weighted by atomic mass is 9.90. The maximum Gasteiger partial charge on any atom is 0.269 e. The van der Waals surface area contributed by atoms with E-state index in [-0.39, 0.29) is 34.8 Å². The van der Waals surface area contributed by atoms with Gasteiger partial charge in [0.25, 0.3) is 20.0 Å². The van der Waals surface area contributed by atoms with Gasteiger partial charge in [0.2, 0.25) is 0 Å². The maximum absolute atomic E-state index is 13.5. The van der Waals surface area contributed by atoms with Gasteiger partial charge in [-0.3, -0.25) is 4.79 Å². The van der Waals surface area contributed by atoms with Crippen molar-refractivity contribution in [3.63, 3.8) is 0 Å². The molecule has 2 aliphatic rings. The Kier molecular flexibility index (Phi) is 17.9. The first kappa shape index (κ1) is 60.2.